The number of hydrogen-bond donors (Lipinski definition) is 1. The molecule has 0 atom stereocenters. The third-order valence-corrected chi connectivity index (χ3v) is 1.77. The molecule has 2 heterocycles. The van der Waals surface area contributed by atoms with Crippen LogP contribution in [0.2, 0.25) is 5.15 Å². The zero-order chi connectivity index (χ0) is 10.6. The molecule has 0 amide bonds. The predicted molar refractivity (Wildman–Crippen MR) is 58.7 cm³/mol. The Bertz CT molecular complexity index is 479. The Morgan fingerprint density at radius 2 is 2.14 bits per heavy atom. The van der Waals surface area contributed by atoms with E-state index in [4.69, 9.17) is 11.6 Å². The van der Waals surface area contributed by atoms with Crippen LogP contribution in [0.15, 0.2) is 29.2 Å². The minimum absolute atomic E-state index is 0.109. The first-order chi connectivity index (χ1) is 6.77. The van der Waals surface area contributed by atoms with Crippen LogP contribution < -0.4 is 5.43 Å². The van der Waals surface area contributed by atoms with Crippen molar-refractivity contribution in [2.75, 3.05) is 0 Å². The number of halogens is 1. The van der Waals surface area contributed by atoms with Gasteiger partial charge in [0.1, 0.15) is 10.8 Å². The molecule has 2 aromatic rings. The normalized spacial score (nSPS) is 9.36. The lowest BCUT2D eigenvalue weighted by atomic mass is 10.3. The van der Waals surface area contributed by atoms with Crippen LogP contribution in [0.3, 0.4) is 0 Å². The summed E-state index contributed by atoms with van der Waals surface area (Å²) in [5.41, 5.74) is 0.414. The van der Waals surface area contributed by atoms with Crippen molar-refractivity contribution in [3.63, 3.8) is 0 Å². The fourth-order valence-electron chi connectivity index (χ4n) is 1.05. The molecule has 2 rings (SSSR count). The van der Waals surface area contributed by atoms with E-state index in [0.717, 1.165) is 0 Å². The fourth-order valence-corrected chi connectivity index (χ4v) is 1.23. The summed E-state index contributed by atoms with van der Waals surface area (Å²) in [6, 6.07) is 4.76. The molecule has 2 aromatic heterocycles. The van der Waals surface area contributed by atoms with Crippen LogP contribution in [-0.4, -0.2) is 9.97 Å². The average Bonchev–Trinajstić information content (AvgIpc) is 2.20. The summed E-state index contributed by atoms with van der Waals surface area (Å²) in [6.45, 7) is 4.00. The van der Waals surface area contributed by atoms with E-state index in [-0.39, 0.29) is 5.43 Å². The minimum atomic E-state index is -0.109. The number of aromatic amines is 1. The van der Waals surface area contributed by atoms with Crippen molar-refractivity contribution in [1.82, 2.24) is 9.97 Å². The Hall–Kier alpha value is -1.35. The Labute approximate surface area is 86.8 Å². The van der Waals surface area contributed by atoms with Gasteiger partial charge in [0.15, 0.2) is 5.43 Å². The van der Waals surface area contributed by atoms with Crippen LogP contribution in [-0.2, 0) is 0 Å². The molecule has 0 fully saturated rings. The Morgan fingerprint density at radius 1 is 1.43 bits per heavy atom. The van der Waals surface area contributed by atoms with Crippen LogP contribution in [0.4, 0.5) is 0 Å². The maximum atomic E-state index is 11.3. The van der Waals surface area contributed by atoms with Gasteiger partial charge in [0.05, 0.1) is 5.39 Å². The molecule has 0 saturated heterocycles. The molecule has 0 aliphatic carbocycles. The monoisotopic (exact) mass is 210 g/mol. The number of hydrogen-bond acceptors (Lipinski definition) is 2. The van der Waals surface area contributed by atoms with Crippen molar-refractivity contribution in [3.8, 4) is 0 Å². The highest BCUT2D eigenvalue weighted by molar-refractivity contribution is 6.29. The van der Waals surface area contributed by atoms with E-state index in [0.29, 0.717) is 16.2 Å². The molecule has 14 heavy (non-hydrogen) atoms. The Kier molecular flexibility index (Phi) is 3.65. The highest BCUT2D eigenvalue weighted by Gasteiger charge is 1.98. The number of nitrogens with one attached hydrogen (secondary N) is 1. The maximum absolute atomic E-state index is 11.3. The summed E-state index contributed by atoms with van der Waals surface area (Å²) >= 11 is 5.63. The van der Waals surface area contributed by atoms with Gasteiger partial charge >= 0.3 is 0 Å². The highest BCUT2D eigenvalue weighted by atomic mass is 35.5. The quantitative estimate of drug-likeness (QED) is 0.680. The Balaban J connectivity index is 0.000000461. The third-order valence-electron chi connectivity index (χ3n) is 1.57. The second-order valence-corrected chi connectivity index (χ2v) is 2.79. The SMILES string of the molecule is CC.O=c1cc(Cl)[nH]c2ncccc12. The second-order valence-electron chi connectivity index (χ2n) is 2.38. The van der Waals surface area contributed by atoms with Gasteiger partial charge in [-0.3, -0.25) is 4.79 Å². The lowest BCUT2D eigenvalue weighted by Crippen LogP contribution is -2.01. The largest absolute Gasteiger partial charge is 0.330 e. The third kappa shape index (κ3) is 2.12. The molecular weight excluding hydrogens is 200 g/mol. The molecule has 0 aromatic carbocycles. The Morgan fingerprint density at radius 3 is 2.86 bits per heavy atom. The molecule has 0 bridgehead atoms. The number of rotatable bonds is 0. The van der Waals surface area contributed by atoms with E-state index < -0.39 is 0 Å². The van der Waals surface area contributed by atoms with E-state index in [9.17, 15) is 4.79 Å². The summed E-state index contributed by atoms with van der Waals surface area (Å²) in [4.78, 5) is 18.0. The van der Waals surface area contributed by atoms with Crippen molar-refractivity contribution in [3.05, 3.63) is 39.8 Å². The molecule has 0 aliphatic heterocycles. The first-order valence-electron chi connectivity index (χ1n) is 4.41. The minimum Gasteiger partial charge on any atom is -0.330 e. The molecule has 3 nitrogen and oxygen atoms in total. The van der Waals surface area contributed by atoms with Crippen LogP contribution >= 0.6 is 11.6 Å². The summed E-state index contributed by atoms with van der Waals surface area (Å²) in [5, 5.41) is 0.869. The lowest BCUT2D eigenvalue weighted by Gasteiger charge is -1.95. The molecule has 0 unspecified atom stereocenters. The standard InChI is InChI=1S/C8H5ClN2O.C2H6/c9-7-4-6(12)5-2-1-3-10-8(5)11-7;1-2/h1-4H,(H,10,11,12);1-2H3. The zero-order valence-corrected chi connectivity index (χ0v) is 8.80. The predicted octanol–water partition coefficient (Wildman–Crippen LogP) is 2.60. The molecule has 74 valence electrons. The number of aromatic nitrogens is 2. The molecule has 0 saturated carbocycles. The molecule has 0 spiro atoms. The van der Waals surface area contributed by atoms with Gasteiger partial charge in [-0.1, -0.05) is 25.4 Å². The summed E-state index contributed by atoms with van der Waals surface area (Å²) < 4.78 is 0. The van der Waals surface area contributed by atoms with Crippen LogP contribution in [0.1, 0.15) is 13.8 Å². The van der Waals surface area contributed by atoms with Gasteiger partial charge in [-0.25, -0.2) is 4.98 Å². The van der Waals surface area contributed by atoms with Gasteiger partial charge in [-0.05, 0) is 12.1 Å². The number of fused-ring (bicyclic) bond motifs is 1. The van der Waals surface area contributed by atoms with Gasteiger partial charge in [0, 0.05) is 12.3 Å². The number of H-pyrrole nitrogens is 1. The zero-order valence-electron chi connectivity index (χ0n) is 8.04. The van der Waals surface area contributed by atoms with Gasteiger partial charge in [-0.15, -0.1) is 0 Å². The average molecular weight is 211 g/mol. The highest BCUT2D eigenvalue weighted by Crippen LogP contribution is 2.06. The topological polar surface area (TPSA) is 45.8 Å². The second kappa shape index (κ2) is 4.77. The van der Waals surface area contributed by atoms with E-state index in [2.05, 4.69) is 9.97 Å². The fraction of sp³-hybridized carbons (Fsp3) is 0.200. The molecular formula is C10H11ClN2O. The van der Waals surface area contributed by atoms with E-state index in [1.165, 1.54) is 6.07 Å². The van der Waals surface area contributed by atoms with Gasteiger partial charge in [0.25, 0.3) is 0 Å². The summed E-state index contributed by atoms with van der Waals surface area (Å²) in [7, 11) is 0. The first-order valence-corrected chi connectivity index (χ1v) is 4.79. The van der Waals surface area contributed by atoms with Gasteiger partial charge < -0.3 is 4.98 Å². The first kappa shape index (κ1) is 10.7. The van der Waals surface area contributed by atoms with Crippen LogP contribution in [0, 0.1) is 0 Å². The lowest BCUT2D eigenvalue weighted by molar-refractivity contribution is 1.28. The van der Waals surface area contributed by atoms with E-state index in [1.54, 1.807) is 18.3 Å². The van der Waals surface area contributed by atoms with Crippen molar-refractivity contribution in [1.29, 1.82) is 0 Å². The van der Waals surface area contributed by atoms with Gasteiger partial charge in [0.2, 0.25) is 0 Å². The molecule has 4 heteroatoms. The number of pyridine rings is 2. The van der Waals surface area contributed by atoms with Crippen molar-refractivity contribution in [2.45, 2.75) is 13.8 Å². The van der Waals surface area contributed by atoms with E-state index >= 15 is 0 Å². The van der Waals surface area contributed by atoms with E-state index in [1.807, 2.05) is 13.8 Å². The molecule has 1 N–H and O–H groups in total. The van der Waals surface area contributed by atoms with Crippen molar-refractivity contribution < 1.29 is 0 Å². The van der Waals surface area contributed by atoms with Crippen molar-refractivity contribution >= 4 is 22.6 Å². The smallest absolute Gasteiger partial charge is 0.192 e. The maximum Gasteiger partial charge on any atom is 0.192 e. The van der Waals surface area contributed by atoms with Gasteiger partial charge in [-0.2, -0.15) is 0 Å². The summed E-state index contributed by atoms with van der Waals surface area (Å²) in [6.07, 6.45) is 1.61. The summed E-state index contributed by atoms with van der Waals surface area (Å²) in [5.74, 6) is 0. The molecule has 0 aliphatic rings. The van der Waals surface area contributed by atoms with Crippen LogP contribution in [0.25, 0.3) is 11.0 Å². The molecule has 0 radical (unpaired) electrons. The number of nitrogens with zero attached hydrogens (tertiary/aromatic N) is 1. The van der Waals surface area contributed by atoms with Crippen LogP contribution in [0.5, 0.6) is 0 Å². The van der Waals surface area contributed by atoms with Crippen molar-refractivity contribution in [2.24, 2.45) is 0 Å².